The Morgan fingerprint density at radius 2 is 2.10 bits per heavy atom. The second-order valence-electron chi connectivity index (χ2n) is 8.95. The fourth-order valence-corrected chi connectivity index (χ4v) is 4.90. The van der Waals surface area contributed by atoms with Gasteiger partial charge in [0.1, 0.15) is 5.82 Å². The van der Waals surface area contributed by atoms with Crippen molar-refractivity contribution < 1.29 is 28.9 Å². The van der Waals surface area contributed by atoms with Gasteiger partial charge in [-0.2, -0.15) is 0 Å². The van der Waals surface area contributed by atoms with Crippen LogP contribution in [0, 0.1) is 23.6 Å². The van der Waals surface area contributed by atoms with Gasteiger partial charge in [-0.3, -0.25) is 4.79 Å². The number of aliphatic hydroxyl groups is 2. The van der Waals surface area contributed by atoms with Crippen LogP contribution in [0.5, 0.6) is 0 Å². The highest BCUT2D eigenvalue weighted by Crippen LogP contribution is 2.42. The number of fused-ring (bicyclic) bond motifs is 1. The van der Waals surface area contributed by atoms with Crippen molar-refractivity contribution >= 4 is 5.97 Å². The first-order valence-corrected chi connectivity index (χ1v) is 11.4. The van der Waals surface area contributed by atoms with E-state index in [4.69, 9.17) is 9.47 Å². The Kier molecular flexibility index (Phi) is 9.05. The Balaban J connectivity index is 1.47. The number of carbonyl (C=O) groups is 1. The molecule has 6 heteroatoms. The average Bonchev–Trinajstić information content (AvgIpc) is 2.93. The molecule has 1 saturated carbocycles. The number of aliphatic hydroxyl groups excluding tert-OH is 2. The molecule has 1 aromatic carbocycles. The second-order valence-corrected chi connectivity index (χ2v) is 8.95. The number of aryl methyl sites for hydroxylation is 1. The van der Waals surface area contributed by atoms with Crippen molar-refractivity contribution in [1.82, 2.24) is 0 Å². The number of halogens is 1. The zero-order chi connectivity index (χ0) is 22.2. The summed E-state index contributed by atoms with van der Waals surface area (Å²) in [6, 6.07) is 6.34. The molecule has 0 radical (unpaired) electrons. The molecule has 172 valence electrons. The van der Waals surface area contributed by atoms with Crippen molar-refractivity contribution in [1.29, 1.82) is 0 Å². The first-order valence-electron chi connectivity index (χ1n) is 11.4. The molecule has 2 N–H and O–H groups in total. The lowest BCUT2D eigenvalue weighted by Crippen LogP contribution is -2.21. The van der Waals surface area contributed by atoms with E-state index in [9.17, 15) is 19.4 Å². The Hall–Kier alpha value is -1.76. The standard InChI is InChI=1S/C25H35FO5/c1-30-25(29)4-2-3-18-8-13-22-21(23(28)15-24(22)31-16-18)14-12-20(27)11-7-17-5-9-19(26)10-6-17/h5-6,9-10,12,14,18,20-24,27-28H,2-4,7-8,11,13,15-16H2,1H3/b14-12+/t18-,20+,21+,22+,23+,24-/m0/s1. The summed E-state index contributed by atoms with van der Waals surface area (Å²) in [6.45, 7) is 0.672. The van der Waals surface area contributed by atoms with Gasteiger partial charge >= 0.3 is 5.97 Å². The lowest BCUT2D eigenvalue weighted by molar-refractivity contribution is -0.140. The van der Waals surface area contributed by atoms with Crippen LogP contribution in [0.2, 0.25) is 0 Å². The first kappa shape index (κ1) is 23.9. The minimum atomic E-state index is -0.603. The number of benzene rings is 1. The van der Waals surface area contributed by atoms with Crippen LogP contribution in [-0.4, -0.2) is 48.2 Å². The highest BCUT2D eigenvalue weighted by atomic mass is 19.1. The number of esters is 1. The summed E-state index contributed by atoms with van der Waals surface area (Å²) in [4.78, 5) is 11.3. The molecule has 0 spiro atoms. The highest BCUT2D eigenvalue weighted by Gasteiger charge is 2.43. The van der Waals surface area contributed by atoms with E-state index in [1.54, 1.807) is 18.2 Å². The van der Waals surface area contributed by atoms with Crippen LogP contribution in [0.3, 0.4) is 0 Å². The maximum absolute atomic E-state index is 13.0. The van der Waals surface area contributed by atoms with Crippen LogP contribution in [-0.2, 0) is 20.7 Å². The predicted octanol–water partition coefficient (Wildman–Crippen LogP) is 3.81. The van der Waals surface area contributed by atoms with E-state index < -0.39 is 12.2 Å². The Morgan fingerprint density at radius 3 is 2.84 bits per heavy atom. The Labute approximate surface area is 184 Å². The zero-order valence-corrected chi connectivity index (χ0v) is 18.3. The topological polar surface area (TPSA) is 76.0 Å². The highest BCUT2D eigenvalue weighted by molar-refractivity contribution is 5.68. The van der Waals surface area contributed by atoms with Crippen LogP contribution >= 0.6 is 0 Å². The van der Waals surface area contributed by atoms with Crippen molar-refractivity contribution in [2.75, 3.05) is 13.7 Å². The summed E-state index contributed by atoms with van der Waals surface area (Å²) in [5.74, 6) is 0.238. The molecule has 0 amide bonds. The van der Waals surface area contributed by atoms with Gasteiger partial charge in [-0.25, -0.2) is 4.39 Å². The number of methoxy groups -OCH3 is 1. The van der Waals surface area contributed by atoms with Crippen molar-refractivity contribution in [3.05, 3.63) is 47.8 Å². The minimum absolute atomic E-state index is 0.0145. The van der Waals surface area contributed by atoms with Gasteiger partial charge in [0, 0.05) is 25.4 Å². The summed E-state index contributed by atoms with van der Waals surface area (Å²) in [6.07, 6.45) is 8.79. The smallest absolute Gasteiger partial charge is 0.305 e. The molecule has 0 aromatic heterocycles. The predicted molar refractivity (Wildman–Crippen MR) is 116 cm³/mol. The Morgan fingerprint density at radius 1 is 1.32 bits per heavy atom. The molecule has 1 aliphatic heterocycles. The molecule has 0 unspecified atom stereocenters. The van der Waals surface area contributed by atoms with Gasteiger partial charge in [0.15, 0.2) is 0 Å². The monoisotopic (exact) mass is 434 g/mol. The molecule has 6 atom stereocenters. The van der Waals surface area contributed by atoms with Gasteiger partial charge in [-0.1, -0.05) is 24.3 Å². The molecule has 1 saturated heterocycles. The SMILES string of the molecule is COC(=O)CCC[C@H]1CC[C@@H]2[C@@H](/C=C/[C@H](O)CCc3ccc(F)cc3)[C@H](O)C[C@@H]2OC1. The maximum atomic E-state index is 13.0. The molecule has 2 fully saturated rings. The zero-order valence-electron chi connectivity index (χ0n) is 18.3. The molecule has 1 aliphatic carbocycles. The third kappa shape index (κ3) is 7.13. The van der Waals surface area contributed by atoms with Crippen molar-refractivity contribution in [2.24, 2.45) is 17.8 Å². The van der Waals surface area contributed by atoms with E-state index >= 15 is 0 Å². The van der Waals surface area contributed by atoms with E-state index in [1.807, 2.05) is 6.08 Å². The average molecular weight is 435 g/mol. The molecule has 5 nitrogen and oxygen atoms in total. The van der Waals surface area contributed by atoms with E-state index in [0.29, 0.717) is 38.2 Å². The summed E-state index contributed by atoms with van der Waals surface area (Å²) >= 11 is 0. The van der Waals surface area contributed by atoms with E-state index in [2.05, 4.69) is 0 Å². The van der Waals surface area contributed by atoms with Crippen LogP contribution in [0.4, 0.5) is 4.39 Å². The number of rotatable bonds is 9. The third-order valence-electron chi connectivity index (χ3n) is 6.76. The molecule has 1 aromatic rings. The first-order chi connectivity index (χ1) is 15.0. The van der Waals surface area contributed by atoms with Crippen LogP contribution in [0.1, 0.15) is 50.5 Å². The maximum Gasteiger partial charge on any atom is 0.305 e. The van der Waals surface area contributed by atoms with E-state index in [-0.39, 0.29) is 29.7 Å². The van der Waals surface area contributed by atoms with Gasteiger partial charge in [0.25, 0.3) is 0 Å². The van der Waals surface area contributed by atoms with Gasteiger partial charge in [-0.05, 0) is 68.1 Å². The van der Waals surface area contributed by atoms with Crippen molar-refractivity contribution in [2.45, 2.75) is 69.7 Å². The largest absolute Gasteiger partial charge is 0.469 e. The fraction of sp³-hybridized carbons (Fsp3) is 0.640. The van der Waals surface area contributed by atoms with Gasteiger partial charge in [0.2, 0.25) is 0 Å². The van der Waals surface area contributed by atoms with Gasteiger partial charge < -0.3 is 19.7 Å². The fourth-order valence-electron chi connectivity index (χ4n) is 4.90. The second kappa shape index (κ2) is 11.7. The lowest BCUT2D eigenvalue weighted by Gasteiger charge is -2.21. The lowest BCUT2D eigenvalue weighted by atomic mass is 9.86. The summed E-state index contributed by atoms with van der Waals surface area (Å²) in [5.41, 5.74) is 0.991. The minimum Gasteiger partial charge on any atom is -0.469 e. The Bertz CT molecular complexity index is 719. The summed E-state index contributed by atoms with van der Waals surface area (Å²) < 4.78 is 23.8. The molecule has 0 bridgehead atoms. The molecule has 1 heterocycles. The van der Waals surface area contributed by atoms with Crippen LogP contribution < -0.4 is 0 Å². The molecular weight excluding hydrogens is 399 g/mol. The number of hydrogen-bond acceptors (Lipinski definition) is 5. The molecule has 31 heavy (non-hydrogen) atoms. The van der Waals surface area contributed by atoms with Gasteiger partial charge in [-0.15, -0.1) is 0 Å². The summed E-state index contributed by atoms with van der Waals surface area (Å²) in [7, 11) is 1.41. The normalized spacial score (nSPS) is 29.5. The van der Waals surface area contributed by atoms with Gasteiger partial charge in [0.05, 0.1) is 25.4 Å². The van der Waals surface area contributed by atoms with Crippen LogP contribution in [0.15, 0.2) is 36.4 Å². The van der Waals surface area contributed by atoms with E-state index in [0.717, 1.165) is 31.2 Å². The van der Waals surface area contributed by atoms with E-state index in [1.165, 1.54) is 19.2 Å². The molecular formula is C25H35FO5. The van der Waals surface area contributed by atoms with Crippen LogP contribution in [0.25, 0.3) is 0 Å². The number of ether oxygens (including phenoxy) is 2. The molecule has 2 aliphatic rings. The number of hydrogen-bond donors (Lipinski definition) is 2. The third-order valence-corrected chi connectivity index (χ3v) is 6.76. The number of carbonyl (C=O) groups excluding carboxylic acids is 1. The van der Waals surface area contributed by atoms with Crippen molar-refractivity contribution in [3.63, 3.8) is 0 Å². The summed E-state index contributed by atoms with van der Waals surface area (Å²) in [5, 5.41) is 20.9. The molecule has 3 rings (SSSR count). The quantitative estimate of drug-likeness (QED) is 0.457. The van der Waals surface area contributed by atoms with Crippen molar-refractivity contribution in [3.8, 4) is 0 Å².